The predicted octanol–water partition coefficient (Wildman–Crippen LogP) is 4.43. The van der Waals surface area contributed by atoms with Crippen LogP contribution in [0.1, 0.15) is 149 Å². The van der Waals surface area contributed by atoms with E-state index < -0.39 is 92.7 Å². The Morgan fingerprint density at radius 2 is 1.02 bits per heavy atom. The molecule has 2 rings (SSSR count). The van der Waals surface area contributed by atoms with E-state index in [1.54, 1.807) is 0 Å². The molecule has 0 aromatic carbocycles. The summed E-state index contributed by atoms with van der Waals surface area (Å²) in [7, 11) is 0. The molecular formula is C44H78O15. The molecule has 0 aliphatic carbocycles. The molecule has 2 aliphatic heterocycles. The number of hydrogen-bond donors (Lipinski definition) is 7. The fourth-order valence-corrected chi connectivity index (χ4v) is 6.89. The third-order valence-corrected chi connectivity index (χ3v) is 10.7. The van der Waals surface area contributed by atoms with Gasteiger partial charge in [0.15, 0.2) is 18.7 Å². The van der Waals surface area contributed by atoms with Crippen molar-refractivity contribution in [2.75, 3.05) is 26.4 Å². The average Bonchev–Trinajstić information content (AvgIpc) is 3.23. The molecule has 0 spiro atoms. The Kier molecular flexibility index (Phi) is 29.4. The van der Waals surface area contributed by atoms with Crippen molar-refractivity contribution in [2.24, 2.45) is 0 Å². The molecule has 2 heterocycles. The Labute approximate surface area is 352 Å². The summed E-state index contributed by atoms with van der Waals surface area (Å²) in [6.07, 6.45) is 13.0. The number of rotatable bonds is 33. The van der Waals surface area contributed by atoms with Gasteiger partial charge in [-0.2, -0.15) is 0 Å². The molecule has 11 unspecified atom stereocenters. The second kappa shape index (κ2) is 32.7. The molecule has 2 fully saturated rings. The van der Waals surface area contributed by atoms with E-state index in [-0.39, 0.29) is 26.1 Å². The number of aliphatic hydroxyl groups excluding tert-OH is 7. The van der Waals surface area contributed by atoms with Crippen LogP contribution in [0.2, 0.25) is 0 Å². The highest BCUT2D eigenvalue weighted by Crippen LogP contribution is 2.26. The first-order chi connectivity index (χ1) is 28.5. The Morgan fingerprint density at radius 1 is 0.542 bits per heavy atom. The molecule has 0 bridgehead atoms. The van der Waals surface area contributed by atoms with Crippen LogP contribution in [-0.2, 0) is 38.0 Å². The quantitative estimate of drug-likeness (QED) is 0.0275. The second-order valence-corrected chi connectivity index (χ2v) is 15.9. The number of carbonyl (C=O) groups excluding carboxylic acids is 2. The second-order valence-electron chi connectivity index (χ2n) is 15.9. The van der Waals surface area contributed by atoms with Crippen LogP contribution in [0.25, 0.3) is 0 Å². The number of hydrogen-bond acceptors (Lipinski definition) is 15. The molecule has 11 atom stereocenters. The molecule has 0 aromatic rings. The zero-order valence-corrected chi connectivity index (χ0v) is 35.7. The van der Waals surface area contributed by atoms with Crippen molar-refractivity contribution >= 4 is 11.9 Å². The fourth-order valence-electron chi connectivity index (χ4n) is 6.89. The Morgan fingerprint density at radius 3 is 1.61 bits per heavy atom. The summed E-state index contributed by atoms with van der Waals surface area (Å²) >= 11 is 0. The number of esters is 2. The molecule has 59 heavy (non-hydrogen) atoms. The highest BCUT2D eigenvalue weighted by molar-refractivity contribution is 5.70. The van der Waals surface area contributed by atoms with E-state index in [9.17, 15) is 45.3 Å². The summed E-state index contributed by atoms with van der Waals surface area (Å²) in [5, 5.41) is 71.6. The Bertz CT molecular complexity index is 1140. The summed E-state index contributed by atoms with van der Waals surface area (Å²) in [5.74, 6) is -0.950. The van der Waals surface area contributed by atoms with E-state index in [1.165, 1.54) is 51.4 Å². The first-order valence-corrected chi connectivity index (χ1v) is 22.4. The molecule has 0 saturated carbocycles. The molecule has 7 N–H and O–H groups in total. The summed E-state index contributed by atoms with van der Waals surface area (Å²) in [6.45, 7) is 2.40. The predicted molar refractivity (Wildman–Crippen MR) is 220 cm³/mol. The summed E-state index contributed by atoms with van der Waals surface area (Å²) in [5.41, 5.74) is 0. The smallest absolute Gasteiger partial charge is 0.306 e. The number of allylic oxidation sites excluding steroid dienone is 4. The van der Waals surface area contributed by atoms with Gasteiger partial charge >= 0.3 is 11.9 Å². The van der Waals surface area contributed by atoms with Crippen LogP contribution in [0, 0.1) is 0 Å². The minimum atomic E-state index is -1.76. The van der Waals surface area contributed by atoms with Crippen LogP contribution in [0.5, 0.6) is 0 Å². The topological polar surface area (TPSA) is 231 Å². The van der Waals surface area contributed by atoms with Crippen LogP contribution in [0.4, 0.5) is 0 Å². The van der Waals surface area contributed by atoms with Crippen LogP contribution in [0.15, 0.2) is 24.3 Å². The van der Waals surface area contributed by atoms with Crippen LogP contribution in [-0.4, -0.2) is 142 Å². The molecular weight excluding hydrogens is 768 g/mol. The van der Waals surface area contributed by atoms with Gasteiger partial charge in [0.05, 0.1) is 19.8 Å². The molecule has 0 aromatic heterocycles. The van der Waals surface area contributed by atoms with Gasteiger partial charge in [0.2, 0.25) is 0 Å². The highest BCUT2D eigenvalue weighted by atomic mass is 16.7. The van der Waals surface area contributed by atoms with Crippen molar-refractivity contribution in [3.05, 3.63) is 24.3 Å². The van der Waals surface area contributed by atoms with Crippen molar-refractivity contribution in [1.82, 2.24) is 0 Å². The van der Waals surface area contributed by atoms with Gasteiger partial charge in [0.1, 0.15) is 55.4 Å². The normalized spacial score (nSPS) is 28.0. The molecule has 0 amide bonds. The third kappa shape index (κ3) is 22.1. The standard InChI is InChI=1S/C44H78O15/c1-3-5-7-9-10-11-12-13-14-15-16-17-18-19-20-21-22-23-25-27-36(47)57-32(29-54-35(46)26-24-8-6-4-2)30-55-43-42(53)40(51)38(49)34(59-43)31-56-44-41(52)39(50)37(48)33(28-45)58-44/h10-11,13-14,32-34,37-45,48-53H,3-9,12,15-31H2,1-2H3/b11-10-,14-13-. The van der Waals surface area contributed by atoms with Crippen molar-refractivity contribution in [1.29, 1.82) is 0 Å². The number of carbonyl (C=O) groups is 2. The maximum Gasteiger partial charge on any atom is 0.306 e. The lowest BCUT2D eigenvalue weighted by Crippen LogP contribution is -2.61. The number of aliphatic hydroxyl groups is 7. The lowest BCUT2D eigenvalue weighted by molar-refractivity contribution is -0.332. The summed E-state index contributed by atoms with van der Waals surface area (Å²) in [4.78, 5) is 25.3. The summed E-state index contributed by atoms with van der Waals surface area (Å²) in [6, 6.07) is 0. The molecule has 344 valence electrons. The monoisotopic (exact) mass is 847 g/mol. The van der Waals surface area contributed by atoms with Crippen LogP contribution < -0.4 is 0 Å². The zero-order valence-electron chi connectivity index (χ0n) is 35.7. The number of ether oxygens (including phenoxy) is 6. The van der Waals surface area contributed by atoms with E-state index in [0.29, 0.717) is 12.8 Å². The minimum absolute atomic E-state index is 0.161. The van der Waals surface area contributed by atoms with Crippen molar-refractivity contribution in [3.8, 4) is 0 Å². The maximum absolute atomic E-state index is 12.9. The van der Waals surface area contributed by atoms with Gasteiger partial charge in [-0.25, -0.2) is 0 Å². The van der Waals surface area contributed by atoms with Gasteiger partial charge in [-0.3, -0.25) is 9.59 Å². The zero-order chi connectivity index (χ0) is 43.3. The largest absolute Gasteiger partial charge is 0.462 e. The average molecular weight is 847 g/mol. The van der Waals surface area contributed by atoms with Crippen molar-refractivity contribution in [2.45, 2.75) is 216 Å². The van der Waals surface area contributed by atoms with E-state index in [1.807, 2.05) is 0 Å². The molecule has 15 nitrogen and oxygen atoms in total. The lowest BCUT2D eigenvalue weighted by atomic mass is 9.98. The van der Waals surface area contributed by atoms with Crippen LogP contribution >= 0.6 is 0 Å². The molecule has 2 saturated heterocycles. The van der Waals surface area contributed by atoms with Gasteiger partial charge in [0, 0.05) is 12.8 Å². The SMILES string of the molecule is CCCCC/C=C\C/C=C\CCCCCCCCCCCC(=O)OC(COC(=O)CCCCCC)COC1OC(COC2OC(CO)C(O)C(O)C2O)C(O)C(O)C1O. The van der Waals surface area contributed by atoms with Gasteiger partial charge in [-0.05, 0) is 44.9 Å². The van der Waals surface area contributed by atoms with Crippen molar-refractivity contribution < 1.29 is 73.8 Å². The molecule has 2 aliphatic rings. The first-order valence-electron chi connectivity index (χ1n) is 22.4. The first kappa shape index (κ1) is 53.1. The van der Waals surface area contributed by atoms with Crippen LogP contribution in [0.3, 0.4) is 0 Å². The van der Waals surface area contributed by atoms with E-state index in [2.05, 4.69) is 38.2 Å². The lowest BCUT2D eigenvalue weighted by Gasteiger charge is -2.42. The van der Waals surface area contributed by atoms with Gasteiger partial charge in [-0.1, -0.05) is 115 Å². The van der Waals surface area contributed by atoms with Gasteiger partial charge < -0.3 is 64.2 Å². The Hall–Kier alpha value is -2.02. The van der Waals surface area contributed by atoms with E-state index in [4.69, 9.17) is 28.4 Å². The number of unbranched alkanes of at least 4 members (excludes halogenated alkanes) is 15. The van der Waals surface area contributed by atoms with E-state index in [0.717, 1.165) is 57.8 Å². The van der Waals surface area contributed by atoms with Gasteiger partial charge in [-0.15, -0.1) is 0 Å². The fraction of sp³-hybridized carbons (Fsp3) is 0.864. The maximum atomic E-state index is 12.9. The molecule has 15 heteroatoms. The third-order valence-electron chi connectivity index (χ3n) is 10.7. The highest BCUT2D eigenvalue weighted by Gasteiger charge is 2.47. The Balaban J connectivity index is 1.76. The van der Waals surface area contributed by atoms with E-state index >= 15 is 0 Å². The molecule has 0 radical (unpaired) electrons. The summed E-state index contributed by atoms with van der Waals surface area (Å²) < 4.78 is 33.2. The van der Waals surface area contributed by atoms with Gasteiger partial charge in [0.25, 0.3) is 0 Å². The van der Waals surface area contributed by atoms with Crippen molar-refractivity contribution in [3.63, 3.8) is 0 Å². The minimum Gasteiger partial charge on any atom is -0.462 e.